The maximum Gasteiger partial charge on any atom is 0.338 e. The first kappa shape index (κ1) is 33.9. The number of carbonyl (C=O) groups is 2. The third kappa shape index (κ3) is 7.24. The monoisotopic (exact) mass is 679 g/mol. The molecule has 9 nitrogen and oxygen atoms in total. The van der Waals surface area contributed by atoms with E-state index in [0.29, 0.717) is 44.6 Å². The number of fused-ring (bicyclic) bond motifs is 1. The third-order valence-corrected chi connectivity index (χ3v) is 9.65. The van der Waals surface area contributed by atoms with Crippen LogP contribution in [0, 0.1) is 0 Å². The summed E-state index contributed by atoms with van der Waals surface area (Å²) in [5.41, 5.74) is 3.93. The van der Waals surface area contributed by atoms with E-state index in [9.17, 15) is 14.4 Å². The minimum Gasteiger partial charge on any atom is -0.490 e. The Morgan fingerprint density at radius 2 is 1.67 bits per heavy atom. The van der Waals surface area contributed by atoms with Crippen LogP contribution in [0.15, 0.2) is 88.2 Å². The predicted molar refractivity (Wildman–Crippen MR) is 191 cm³/mol. The largest absolute Gasteiger partial charge is 0.490 e. The highest BCUT2D eigenvalue weighted by molar-refractivity contribution is 7.07. The van der Waals surface area contributed by atoms with Gasteiger partial charge in [0.2, 0.25) is 0 Å². The molecule has 6 rings (SSSR count). The summed E-state index contributed by atoms with van der Waals surface area (Å²) >= 11 is 1.26. The standard InChI is InChI=1S/C39H41N3O6S/c1-5-46-31-22-26(14-19-30(31)48-24-33(43)41-20-10-11-21-41)23-32-37(44)42-36(29-17-15-27(16-18-29)25(3)4)34(38(45)47-6-2)35(40-39(42)49-32)28-12-8-7-9-13-28/h7-9,12-19,22-23,25,36H,5-6,10-11,20-21,24H2,1-4H3/b32-23+/t36-/m1/s1. The highest BCUT2D eigenvalue weighted by Crippen LogP contribution is 2.36. The number of esters is 1. The van der Waals surface area contributed by atoms with Crippen molar-refractivity contribution in [2.24, 2.45) is 4.99 Å². The van der Waals surface area contributed by atoms with Crippen molar-refractivity contribution < 1.29 is 23.8 Å². The molecule has 4 aromatic rings. The molecule has 0 aliphatic carbocycles. The minimum atomic E-state index is -0.753. The molecule has 1 atom stereocenters. The quantitative estimate of drug-likeness (QED) is 0.195. The van der Waals surface area contributed by atoms with Crippen LogP contribution in [0.25, 0.3) is 11.8 Å². The summed E-state index contributed by atoms with van der Waals surface area (Å²) in [5.74, 6) is 0.703. The second kappa shape index (κ2) is 15.1. The van der Waals surface area contributed by atoms with E-state index in [4.69, 9.17) is 19.2 Å². The summed E-state index contributed by atoms with van der Waals surface area (Å²) in [7, 11) is 0. The van der Waals surface area contributed by atoms with Crippen LogP contribution in [-0.4, -0.2) is 54.3 Å². The third-order valence-electron chi connectivity index (χ3n) is 8.67. The lowest BCUT2D eigenvalue weighted by Crippen LogP contribution is -2.40. The van der Waals surface area contributed by atoms with Crippen LogP contribution in [0.4, 0.5) is 0 Å². The summed E-state index contributed by atoms with van der Waals surface area (Å²) in [4.78, 5) is 47.9. The first-order chi connectivity index (χ1) is 23.8. The summed E-state index contributed by atoms with van der Waals surface area (Å²) in [5, 5.41) is 0. The van der Waals surface area contributed by atoms with Gasteiger partial charge >= 0.3 is 5.97 Å². The Kier molecular flexibility index (Phi) is 10.4. The zero-order valence-electron chi connectivity index (χ0n) is 28.3. The molecule has 1 saturated heterocycles. The highest BCUT2D eigenvalue weighted by Gasteiger charge is 2.35. The lowest BCUT2D eigenvalue weighted by Gasteiger charge is -2.26. The molecule has 2 aliphatic heterocycles. The molecule has 3 heterocycles. The van der Waals surface area contributed by atoms with Crippen LogP contribution < -0.4 is 24.4 Å². The Hall–Kier alpha value is -4.96. The molecule has 0 unspecified atom stereocenters. The zero-order valence-corrected chi connectivity index (χ0v) is 29.1. The van der Waals surface area contributed by atoms with Crippen LogP contribution in [0.3, 0.4) is 0 Å². The van der Waals surface area contributed by atoms with Gasteiger partial charge in [0.1, 0.15) is 0 Å². The van der Waals surface area contributed by atoms with E-state index >= 15 is 0 Å². The average molecular weight is 680 g/mol. The van der Waals surface area contributed by atoms with Crippen molar-refractivity contribution >= 4 is 35.0 Å². The molecule has 3 aromatic carbocycles. The van der Waals surface area contributed by atoms with Crippen LogP contribution in [0.2, 0.25) is 0 Å². The second-order valence-electron chi connectivity index (χ2n) is 12.3. The summed E-state index contributed by atoms with van der Waals surface area (Å²) in [6.45, 7) is 9.92. The maximum atomic E-state index is 14.3. The number of hydrogen-bond donors (Lipinski definition) is 0. The SMILES string of the molecule is CCOC(=O)C1=C(c2ccccc2)N=c2s/c(=C/c3ccc(OCC(=O)N4CCCC4)c(OCC)c3)c(=O)n2[C@@H]1c1ccc(C(C)C)cc1. The van der Waals surface area contributed by atoms with E-state index in [1.165, 1.54) is 11.3 Å². The van der Waals surface area contributed by atoms with Crippen molar-refractivity contribution in [2.45, 2.75) is 52.5 Å². The number of carbonyl (C=O) groups excluding carboxylic acids is 2. The fourth-order valence-electron chi connectivity index (χ4n) is 6.17. The molecular formula is C39H41N3O6S. The van der Waals surface area contributed by atoms with Gasteiger partial charge in [0.25, 0.3) is 11.5 Å². The molecule has 0 bridgehead atoms. The van der Waals surface area contributed by atoms with E-state index in [-0.39, 0.29) is 24.7 Å². The minimum absolute atomic E-state index is 0.0457. The van der Waals surface area contributed by atoms with Crippen LogP contribution in [-0.2, 0) is 14.3 Å². The molecule has 10 heteroatoms. The van der Waals surface area contributed by atoms with E-state index in [0.717, 1.165) is 48.2 Å². The van der Waals surface area contributed by atoms with Gasteiger partial charge < -0.3 is 19.1 Å². The van der Waals surface area contributed by atoms with Gasteiger partial charge in [0.15, 0.2) is 22.9 Å². The highest BCUT2D eigenvalue weighted by atomic mass is 32.1. The van der Waals surface area contributed by atoms with E-state index in [1.807, 2.05) is 72.5 Å². The summed E-state index contributed by atoms with van der Waals surface area (Å²) in [6.07, 6.45) is 3.82. The lowest BCUT2D eigenvalue weighted by atomic mass is 9.91. The Bertz CT molecular complexity index is 2040. The molecule has 0 N–H and O–H groups in total. The van der Waals surface area contributed by atoms with Crippen LogP contribution in [0.5, 0.6) is 11.5 Å². The number of ether oxygens (including phenoxy) is 3. The van der Waals surface area contributed by atoms with Gasteiger partial charge in [-0.1, -0.05) is 85.8 Å². The first-order valence-corrected chi connectivity index (χ1v) is 17.7. The van der Waals surface area contributed by atoms with Crippen molar-refractivity contribution in [2.75, 3.05) is 32.9 Å². The molecule has 1 fully saturated rings. The van der Waals surface area contributed by atoms with Gasteiger partial charge in [-0.2, -0.15) is 0 Å². The number of nitrogens with zero attached hydrogens (tertiary/aromatic N) is 3. The van der Waals surface area contributed by atoms with Crippen molar-refractivity contribution in [3.8, 4) is 11.5 Å². The van der Waals surface area contributed by atoms with Crippen LogP contribution >= 0.6 is 11.3 Å². The van der Waals surface area contributed by atoms with Crippen molar-refractivity contribution in [3.05, 3.63) is 120 Å². The van der Waals surface area contributed by atoms with E-state index in [1.54, 1.807) is 29.7 Å². The van der Waals surface area contributed by atoms with Crippen molar-refractivity contribution in [1.82, 2.24) is 9.47 Å². The lowest BCUT2D eigenvalue weighted by molar-refractivity contribution is -0.139. The Morgan fingerprint density at radius 1 is 0.939 bits per heavy atom. The van der Waals surface area contributed by atoms with Gasteiger partial charge in [0, 0.05) is 18.7 Å². The predicted octanol–water partition coefficient (Wildman–Crippen LogP) is 5.46. The molecule has 0 saturated carbocycles. The van der Waals surface area contributed by atoms with E-state index in [2.05, 4.69) is 13.8 Å². The summed E-state index contributed by atoms with van der Waals surface area (Å²) in [6, 6.07) is 22.2. The molecule has 1 amide bonds. The van der Waals surface area contributed by atoms with Gasteiger partial charge in [-0.15, -0.1) is 0 Å². The first-order valence-electron chi connectivity index (χ1n) is 16.8. The van der Waals surface area contributed by atoms with Crippen LogP contribution in [0.1, 0.15) is 74.8 Å². The number of thiazole rings is 1. The normalized spacial score (nSPS) is 16.1. The smallest absolute Gasteiger partial charge is 0.338 e. The fraction of sp³-hybridized carbons (Fsp3) is 0.333. The molecule has 0 radical (unpaired) electrons. The fourth-order valence-corrected chi connectivity index (χ4v) is 7.17. The second-order valence-corrected chi connectivity index (χ2v) is 13.3. The Morgan fingerprint density at radius 3 is 2.35 bits per heavy atom. The molecular weight excluding hydrogens is 639 g/mol. The summed E-state index contributed by atoms with van der Waals surface area (Å²) < 4.78 is 19.4. The van der Waals surface area contributed by atoms with Gasteiger partial charge in [0.05, 0.1) is 35.1 Å². The van der Waals surface area contributed by atoms with Crippen molar-refractivity contribution in [1.29, 1.82) is 0 Å². The van der Waals surface area contributed by atoms with E-state index < -0.39 is 12.0 Å². The topological polar surface area (TPSA) is 99.4 Å². The Labute approximate surface area is 289 Å². The van der Waals surface area contributed by atoms with Gasteiger partial charge in [-0.3, -0.25) is 14.2 Å². The molecule has 254 valence electrons. The van der Waals surface area contributed by atoms with Gasteiger partial charge in [-0.25, -0.2) is 9.79 Å². The number of benzene rings is 3. The number of amides is 1. The molecule has 2 aliphatic rings. The Balaban J connectivity index is 1.45. The maximum absolute atomic E-state index is 14.3. The number of rotatable bonds is 11. The molecule has 0 spiro atoms. The van der Waals surface area contributed by atoms with Crippen molar-refractivity contribution in [3.63, 3.8) is 0 Å². The zero-order chi connectivity index (χ0) is 34.5. The number of aromatic nitrogens is 1. The molecule has 1 aromatic heterocycles. The molecule has 49 heavy (non-hydrogen) atoms. The number of likely N-dealkylation sites (tertiary alicyclic amines) is 1. The number of hydrogen-bond acceptors (Lipinski definition) is 8. The average Bonchev–Trinajstić information content (AvgIpc) is 3.76. The van der Waals surface area contributed by atoms with Gasteiger partial charge in [-0.05, 0) is 67.5 Å².